The third-order valence-electron chi connectivity index (χ3n) is 2.62. The Morgan fingerprint density at radius 2 is 1.81 bits per heavy atom. The number of rotatable bonds is 2. The van der Waals surface area contributed by atoms with Gasteiger partial charge in [-0.1, -0.05) is 29.3 Å². The fraction of sp³-hybridized carbons (Fsp3) is 0.0714. The summed E-state index contributed by atoms with van der Waals surface area (Å²) in [6, 6.07) is 8.07. The minimum Gasteiger partial charge on any atom is -0.316 e. The number of aryl methyl sites for hydroxylation is 1. The fourth-order valence-corrected chi connectivity index (χ4v) is 1.89. The maximum Gasteiger partial charge on any atom is 0.315 e. The first-order valence-electron chi connectivity index (χ1n) is 5.96. The summed E-state index contributed by atoms with van der Waals surface area (Å²) >= 11 is 11.7. The van der Waals surface area contributed by atoms with Crippen LogP contribution in [0.4, 0.5) is 11.5 Å². The summed E-state index contributed by atoms with van der Waals surface area (Å²) in [7, 11) is 0. The van der Waals surface area contributed by atoms with Gasteiger partial charge in [0.05, 0.1) is 10.7 Å². The lowest BCUT2D eigenvalue weighted by atomic mass is 10.3. The quantitative estimate of drug-likeness (QED) is 0.833. The monoisotopic (exact) mass is 323 g/mol. The molecule has 0 aliphatic heterocycles. The number of hydrogen-bond donors (Lipinski definition) is 2. The molecule has 108 valence electrons. The van der Waals surface area contributed by atoms with Gasteiger partial charge in [-0.2, -0.15) is 0 Å². The highest BCUT2D eigenvalue weighted by Gasteiger charge is 2.16. The molecule has 0 bridgehead atoms. The van der Waals surface area contributed by atoms with E-state index in [1.165, 1.54) is 18.3 Å². The summed E-state index contributed by atoms with van der Waals surface area (Å²) in [5.41, 5.74) is 1.02. The van der Waals surface area contributed by atoms with Gasteiger partial charge in [-0.3, -0.25) is 9.59 Å². The Morgan fingerprint density at radius 1 is 1.10 bits per heavy atom. The second-order valence-electron chi connectivity index (χ2n) is 4.20. The van der Waals surface area contributed by atoms with Gasteiger partial charge in [0.15, 0.2) is 0 Å². The molecular formula is C14H11Cl2N3O2. The maximum absolute atomic E-state index is 11.8. The lowest BCUT2D eigenvalue weighted by molar-refractivity contribution is -0.133. The predicted octanol–water partition coefficient (Wildman–Crippen LogP) is 3.27. The van der Waals surface area contributed by atoms with Crippen LogP contribution in [0.25, 0.3) is 0 Å². The number of aromatic nitrogens is 1. The van der Waals surface area contributed by atoms with Crippen LogP contribution in [0.1, 0.15) is 5.56 Å². The first kappa shape index (κ1) is 15.3. The number of nitrogens with zero attached hydrogens (tertiary/aromatic N) is 1. The molecule has 0 saturated heterocycles. The van der Waals surface area contributed by atoms with Gasteiger partial charge in [0.1, 0.15) is 5.82 Å². The van der Waals surface area contributed by atoms with Gasteiger partial charge < -0.3 is 10.6 Å². The van der Waals surface area contributed by atoms with Crippen molar-refractivity contribution in [1.29, 1.82) is 0 Å². The summed E-state index contributed by atoms with van der Waals surface area (Å²) in [5, 5.41) is 5.51. The Bertz CT molecular complexity index is 704. The van der Waals surface area contributed by atoms with Crippen LogP contribution in [0.2, 0.25) is 10.0 Å². The molecule has 0 aliphatic rings. The zero-order chi connectivity index (χ0) is 15.4. The molecule has 0 saturated carbocycles. The highest BCUT2D eigenvalue weighted by atomic mass is 35.5. The zero-order valence-corrected chi connectivity index (χ0v) is 12.5. The van der Waals surface area contributed by atoms with Crippen LogP contribution in [0.15, 0.2) is 36.5 Å². The molecule has 2 N–H and O–H groups in total. The van der Waals surface area contributed by atoms with Crippen molar-refractivity contribution < 1.29 is 9.59 Å². The van der Waals surface area contributed by atoms with Crippen molar-refractivity contribution in [1.82, 2.24) is 4.98 Å². The van der Waals surface area contributed by atoms with Gasteiger partial charge >= 0.3 is 11.8 Å². The van der Waals surface area contributed by atoms with Gasteiger partial charge in [-0.25, -0.2) is 4.98 Å². The predicted molar refractivity (Wildman–Crippen MR) is 82.7 cm³/mol. The van der Waals surface area contributed by atoms with E-state index >= 15 is 0 Å². The average Bonchev–Trinajstić information content (AvgIpc) is 2.45. The molecule has 0 unspecified atom stereocenters. The van der Waals surface area contributed by atoms with Crippen molar-refractivity contribution in [2.75, 3.05) is 10.6 Å². The molecule has 0 atom stereocenters. The Morgan fingerprint density at radius 3 is 2.52 bits per heavy atom. The van der Waals surface area contributed by atoms with Crippen molar-refractivity contribution in [2.45, 2.75) is 6.92 Å². The summed E-state index contributed by atoms with van der Waals surface area (Å²) < 4.78 is 0. The van der Waals surface area contributed by atoms with Crippen LogP contribution < -0.4 is 10.6 Å². The van der Waals surface area contributed by atoms with Crippen LogP contribution >= 0.6 is 23.2 Å². The van der Waals surface area contributed by atoms with E-state index in [0.717, 1.165) is 5.56 Å². The third kappa shape index (κ3) is 3.93. The van der Waals surface area contributed by atoms with E-state index in [0.29, 0.717) is 10.8 Å². The average molecular weight is 324 g/mol. The Kier molecular flexibility index (Phi) is 4.77. The fourth-order valence-electron chi connectivity index (χ4n) is 1.55. The van der Waals surface area contributed by atoms with Crippen LogP contribution in [0.3, 0.4) is 0 Å². The van der Waals surface area contributed by atoms with Gasteiger partial charge in [-0.15, -0.1) is 0 Å². The van der Waals surface area contributed by atoms with E-state index in [1.54, 1.807) is 25.1 Å². The molecule has 7 heteroatoms. The number of pyridine rings is 1. The molecule has 0 spiro atoms. The molecular weight excluding hydrogens is 313 g/mol. The number of carbonyl (C=O) groups is 2. The Labute approximate surface area is 131 Å². The van der Waals surface area contributed by atoms with Crippen molar-refractivity contribution in [3.05, 3.63) is 52.1 Å². The van der Waals surface area contributed by atoms with E-state index in [9.17, 15) is 9.59 Å². The lowest BCUT2D eigenvalue weighted by Crippen LogP contribution is -2.29. The van der Waals surface area contributed by atoms with Gasteiger partial charge in [-0.05, 0) is 36.8 Å². The second-order valence-corrected chi connectivity index (χ2v) is 5.04. The second kappa shape index (κ2) is 6.56. The molecule has 5 nitrogen and oxygen atoms in total. The Hall–Kier alpha value is -2.11. The van der Waals surface area contributed by atoms with Crippen molar-refractivity contribution in [3.63, 3.8) is 0 Å². The van der Waals surface area contributed by atoms with Gasteiger partial charge in [0.25, 0.3) is 0 Å². The number of halogens is 2. The lowest BCUT2D eigenvalue weighted by Gasteiger charge is -2.09. The molecule has 0 radical (unpaired) electrons. The van der Waals surface area contributed by atoms with Gasteiger partial charge in [0.2, 0.25) is 0 Å². The first-order valence-corrected chi connectivity index (χ1v) is 6.72. The van der Waals surface area contributed by atoms with Gasteiger partial charge in [0, 0.05) is 11.2 Å². The third-order valence-corrected chi connectivity index (χ3v) is 3.19. The van der Waals surface area contributed by atoms with Crippen molar-refractivity contribution >= 4 is 46.5 Å². The highest BCUT2D eigenvalue weighted by Crippen LogP contribution is 2.25. The SMILES string of the molecule is Cc1cccnc1NC(=O)C(=O)Nc1cc(Cl)ccc1Cl. The summed E-state index contributed by atoms with van der Waals surface area (Å²) in [4.78, 5) is 27.6. The highest BCUT2D eigenvalue weighted by molar-refractivity contribution is 6.45. The van der Waals surface area contributed by atoms with Crippen molar-refractivity contribution in [2.24, 2.45) is 0 Å². The van der Waals surface area contributed by atoms with E-state index in [-0.39, 0.29) is 10.7 Å². The summed E-state index contributed by atoms with van der Waals surface area (Å²) in [5.74, 6) is -1.37. The topological polar surface area (TPSA) is 71.1 Å². The molecule has 2 amide bonds. The molecule has 2 aromatic rings. The molecule has 0 aliphatic carbocycles. The molecule has 1 aromatic carbocycles. The van der Waals surface area contributed by atoms with E-state index < -0.39 is 11.8 Å². The molecule has 0 fully saturated rings. The molecule has 21 heavy (non-hydrogen) atoms. The molecule has 2 rings (SSSR count). The van der Waals surface area contributed by atoms with Crippen LogP contribution in [-0.2, 0) is 9.59 Å². The number of amides is 2. The van der Waals surface area contributed by atoms with Crippen LogP contribution in [0, 0.1) is 6.92 Å². The number of hydrogen-bond acceptors (Lipinski definition) is 3. The standard InChI is InChI=1S/C14H11Cl2N3O2/c1-8-3-2-6-17-12(8)19-14(21)13(20)18-11-7-9(15)4-5-10(11)16/h2-7H,1H3,(H,18,20)(H,17,19,21). The number of anilines is 2. The smallest absolute Gasteiger partial charge is 0.315 e. The first-order chi connectivity index (χ1) is 9.97. The number of nitrogens with one attached hydrogen (secondary N) is 2. The zero-order valence-electron chi connectivity index (χ0n) is 11.0. The Balaban J connectivity index is 2.08. The van der Waals surface area contributed by atoms with Crippen LogP contribution in [0.5, 0.6) is 0 Å². The molecule has 1 aromatic heterocycles. The number of benzene rings is 1. The van der Waals surface area contributed by atoms with Crippen LogP contribution in [-0.4, -0.2) is 16.8 Å². The minimum atomic E-state index is -0.857. The maximum atomic E-state index is 11.8. The van der Waals surface area contributed by atoms with E-state index in [1.807, 2.05) is 0 Å². The van der Waals surface area contributed by atoms with E-state index in [4.69, 9.17) is 23.2 Å². The minimum absolute atomic E-state index is 0.266. The summed E-state index contributed by atoms with van der Waals surface area (Å²) in [6.07, 6.45) is 1.52. The van der Waals surface area contributed by atoms with Crippen molar-refractivity contribution in [3.8, 4) is 0 Å². The normalized spacial score (nSPS) is 10.0. The number of carbonyl (C=O) groups excluding carboxylic acids is 2. The summed E-state index contributed by atoms with van der Waals surface area (Å²) in [6.45, 7) is 1.77. The molecule has 1 heterocycles. The van der Waals surface area contributed by atoms with E-state index in [2.05, 4.69) is 15.6 Å². The largest absolute Gasteiger partial charge is 0.316 e.